The average molecular weight is 453 g/mol. The van der Waals surface area contributed by atoms with Gasteiger partial charge in [-0.2, -0.15) is 5.10 Å². The van der Waals surface area contributed by atoms with E-state index in [0.717, 1.165) is 68.6 Å². The molecule has 2 aliphatic rings. The molecule has 0 aliphatic carbocycles. The van der Waals surface area contributed by atoms with Gasteiger partial charge in [0.05, 0.1) is 10.7 Å². The van der Waals surface area contributed by atoms with E-state index in [1.807, 2.05) is 41.3 Å². The summed E-state index contributed by atoms with van der Waals surface area (Å²) in [5.74, 6) is 1.80. The number of aromatic nitrogens is 5. The summed E-state index contributed by atoms with van der Waals surface area (Å²) in [7, 11) is 0. The SMILES string of the molecule is O=C(C1CCN(c2ccc(-n3cncn3)nn2)CC1)N1CCN(c2ccccc2Cl)CC1. The van der Waals surface area contributed by atoms with E-state index in [1.54, 1.807) is 11.0 Å². The number of nitrogens with zero attached hydrogens (tertiary/aromatic N) is 8. The lowest BCUT2D eigenvalue weighted by molar-refractivity contribution is -0.136. The molecular weight excluding hydrogens is 428 g/mol. The molecule has 2 aromatic heterocycles. The second kappa shape index (κ2) is 9.12. The van der Waals surface area contributed by atoms with E-state index in [2.05, 4.69) is 30.1 Å². The van der Waals surface area contributed by atoms with E-state index >= 15 is 0 Å². The van der Waals surface area contributed by atoms with Gasteiger partial charge in [0.15, 0.2) is 11.6 Å². The molecule has 2 aliphatic heterocycles. The molecule has 4 heterocycles. The Hall–Kier alpha value is -3.20. The maximum absolute atomic E-state index is 13.1. The number of piperidine rings is 1. The number of anilines is 2. The number of benzene rings is 1. The van der Waals surface area contributed by atoms with E-state index in [0.29, 0.717) is 5.82 Å². The van der Waals surface area contributed by atoms with Crippen LogP contribution in [0.1, 0.15) is 12.8 Å². The molecule has 166 valence electrons. The first-order chi connectivity index (χ1) is 15.7. The number of para-hydroxylation sites is 1. The molecule has 2 fully saturated rings. The summed E-state index contributed by atoms with van der Waals surface area (Å²) in [6, 6.07) is 11.7. The number of carbonyl (C=O) groups excluding carboxylic acids is 1. The van der Waals surface area contributed by atoms with Crippen molar-refractivity contribution < 1.29 is 4.79 Å². The monoisotopic (exact) mass is 452 g/mol. The highest BCUT2D eigenvalue weighted by molar-refractivity contribution is 6.33. The maximum atomic E-state index is 13.1. The minimum Gasteiger partial charge on any atom is -0.367 e. The fourth-order valence-corrected chi connectivity index (χ4v) is 4.68. The molecule has 0 bridgehead atoms. The zero-order valence-electron chi connectivity index (χ0n) is 17.7. The minimum absolute atomic E-state index is 0.0699. The maximum Gasteiger partial charge on any atom is 0.225 e. The lowest BCUT2D eigenvalue weighted by atomic mass is 9.95. The normalized spacial score (nSPS) is 17.6. The van der Waals surface area contributed by atoms with Crippen LogP contribution in [0.25, 0.3) is 5.82 Å². The third kappa shape index (κ3) is 4.25. The van der Waals surface area contributed by atoms with Gasteiger partial charge in [0.25, 0.3) is 0 Å². The van der Waals surface area contributed by atoms with Crippen LogP contribution in [-0.2, 0) is 4.79 Å². The Labute approximate surface area is 191 Å². The lowest BCUT2D eigenvalue weighted by Gasteiger charge is -2.39. The molecule has 2 saturated heterocycles. The van der Waals surface area contributed by atoms with Crippen LogP contribution in [0.5, 0.6) is 0 Å². The number of hydrogen-bond donors (Lipinski definition) is 0. The van der Waals surface area contributed by atoms with Gasteiger partial charge in [-0.25, -0.2) is 9.67 Å². The van der Waals surface area contributed by atoms with Crippen molar-refractivity contribution in [2.75, 3.05) is 49.1 Å². The minimum atomic E-state index is 0.0699. The molecule has 5 rings (SSSR count). The zero-order chi connectivity index (χ0) is 21.9. The van der Waals surface area contributed by atoms with Gasteiger partial charge in [-0.05, 0) is 37.1 Å². The molecule has 1 amide bonds. The molecule has 0 N–H and O–H groups in total. The number of hydrogen-bond acceptors (Lipinski definition) is 7. The van der Waals surface area contributed by atoms with E-state index in [4.69, 9.17) is 11.6 Å². The molecule has 3 aromatic rings. The Kier molecular flexibility index (Phi) is 5.89. The summed E-state index contributed by atoms with van der Waals surface area (Å²) in [6.07, 6.45) is 4.72. The summed E-state index contributed by atoms with van der Waals surface area (Å²) in [5, 5.41) is 13.4. The third-order valence-electron chi connectivity index (χ3n) is 6.24. The Morgan fingerprint density at radius 2 is 1.59 bits per heavy atom. The van der Waals surface area contributed by atoms with E-state index in [9.17, 15) is 4.79 Å². The molecule has 0 atom stereocenters. The van der Waals surface area contributed by atoms with Gasteiger partial charge in [-0.1, -0.05) is 23.7 Å². The highest BCUT2D eigenvalue weighted by Gasteiger charge is 2.31. The first kappa shape index (κ1) is 20.7. The number of piperazine rings is 1. The smallest absolute Gasteiger partial charge is 0.225 e. The summed E-state index contributed by atoms with van der Waals surface area (Å²) >= 11 is 6.33. The molecular formula is C22H25ClN8O. The van der Waals surface area contributed by atoms with Crippen LogP contribution >= 0.6 is 11.6 Å². The Morgan fingerprint density at radius 1 is 0.875 bits per heavy atom. The third-order valence-corrected chi connectivity index (χ3v) is 6.56. The average Bonchev–Trinajstić information content (AvgIpc) is 3.39. The van der Waals surface area contributed by atoms with Crippen LogP contribution in [0.15, 0.2) is 49.1 Å². The first-order valence-corrected chi connectivity index (χ1v) is 11.3. The van der Waals surface area contributed by atoms with Crippen LogP contribution in [0.2, 0.25) is 5.02 Å². The van der Waals surface area contributed by atoms with Gasteiger partial charge in [0.2, 0.25) is 5.91 Å². The highest BCUT2D eigenvalue weighted by Crippen LogP contribution is 2.28. The van der Waals surface area contributed by atoms with E-state index in [1.165, 1.54) is 6.33 Å². The van der Waals surface area contributed by atoms with Crippen molar-refractivity contribution in [3.8, 4) is 5.82 Å². The highest BCUT2D eigenvalue weighted by atomic mass is 35.5. The van der Waals surface area contributed by atoms with Crippen LogP contribution in [0.4, 0.5) is 11.5 Å². The van der Waals surface area contributed by atoms with Gasteiger partial charge >= 0.3 is 0 Å². The van der Waals surface area contributed by atoms with Crippen molar-refractivity contribution in [3.63, 3.8) is 0 Å². The largest absolute Gasteiger partial charge is 0.367 e. The standard InChI is InChI=1S/C22H25ClN8O/c23-18-3-1-2-4-19(18)28-11-13-30(14-12-28)22(32)17-7-9-29(10-8-17)20-5-6-21(27-26-20)31-16-24-15-25-31/h1-6,15-17H,7-14H2. The molecule has 0 radical (unpaired) electrons. The quantitative estimate of drug-likeness (QED) is 0.600. The summed E-state index contributed by atoms with van der Waals surface area (Å²) in [6.45, 7) is 4.68. The van der Waals surface area contributed by atoms with Gasteiger partial charge < -0.3 is 14.7 Å². The molecule has 32 heavy (non-hydrogen) atoms. The van der Waals surface area contributed by atoms with Crippen molar-refractivity contribution in [1.29, 1.82) is 0 Å². The van der Waals surface area contributed by atoms with Crippen molar-refractivity contribution in [2.45, 2.75) is 12.8 Å². The van der Waals surface area contributed by atoms with Gasteiger partial charge in [-0.3, -0.25) is 4.79 Å². The van der Waals surface area contributed by atoms with Gasteiger partial charge in [-0.15, -0.1) is 10.2 Å². The van der Waals surface area contributed by atoms with Crippen LogP contribution in [0.3, 0.4) is 0 Å². The van der Waals surface area contributed by atoms with Crippen molar-refractivity contribution in [1.82, 2.24) is 29.9 Å². The van der Waals surface area contributed by atoms with Gasteiger partial charge in [0.1, 0.15) is 12.7 Å². The summed E-state index contributed by atoms with van der Waals surface area (Å²) in [4.78, 5) is 23.5. The number of halogens is 1. The lowest BCUT2D eigenvalue weighted by Crippen LogP contribution is -2.51. The summed E-state index contributed by atoms with van der Waals surface area (Å²) in [5.41, 5.74) is 1.05. The molecule has 1 aromatic carbocycles. The second-order valence-corrected chi connectivity index (χ2v) is 8.52. The fraction of sp³-hybridized carbons (Fsp3) is 0.409. The van der Waals surface area contributed by atoms with Crippen molar-refractivity contribution in [3.05, 3.63) is 54.1 Å². The Balaban J connectivity index is 1.13. The van der Waals surface area contributed by atoms with Crippen LogP contribution < -0.4 is 9.80 Å². The predicted molar refractivity (Wildman–Crippen MR) is 122 cm³/mol. The molecule has 0 unspecified atom stereocenters. The Morgan fingerprint density at radius 3 is 2.25 bits per heavy atom. The van der Waals surface area contributed by atoms with Crippen molar-refractivity contribution >= 4 is 29.0 Å². The topological polar surface area (TPSA) is 83.3 Å². The van der Waals surface area contributed by atoms with Crippen LogP contribution in [0, 0.1) is 5.92 Å². The zero-order valence-corrected chi connectivity index (χ0v) is 18.5. The number of amides is 1. The predicted octanol–water partition coefficient (Wildman–Crippen LogP) is 2.28. The molecule has 0 saturated carbocycles. The van der Waals surface area contributed by atoms with Crippen molar-refractivity contribution in [2.24, 2.45) is 5.92 Å². The Bertz CT molecular complexity index is 1040. The fourth-order valence-electron chi connectivity index (χ4n) is 4.43. The van der Waals surface area contributed by atoms with E-state index < -0.39 is 0 Å². The second-order valence-electron chi connectivity index (χ2n) is 8.11. The van der Waals surface area contributed by atoms with Crippen LogP contribution in [-0.4, -0.2) is 75.0 Å². The summed E-state index contributed by atoms with van der Waals surface area (Å²) < 4.78 is 1.58. The molecule has 9 nitrogen and oxygen atoms in total. The number of carbonyl (C=O) groups is 1. The molecule has 10 heteroatoms. The van der Waals surface area contributed by atoms with E-state index in [-0.39, 0.29) is 11.8 Å². The number of rotatable bonds is 4. The molecule has 0 spiro atoms. The van der Waals surface area contributed by atoms with Gasteiger partial charge in [0, 0.05) is 45.2 Å². The first-order valence-electron chi connectivity index (χ1n) is 10.9.